The maximum Gasteiger partial charge on any atom is 0.187 e. The lowest BCUT2D eigenvalue weighted by atomic mass is 9.91. The van der Waals surface area contributed by atoms with Gasteiger partial charge in [-0.15, -0.1) is 0 Å². The van der Waals surface area contributed by atoms with Crippen molar-refractivity contribution in [2.24, 2.45) is 0 Å². The normalized spacial score (nSPS) is 11.2. The first-order chi connectivity index (χ1) is 36.2. The predicted octanol–water partition coefficient (Wildman–Crippen LogP) is 19.2. The van der Waals surface area contributed by atoms with E-state index in [1.54, 1.807) is 58.3 Å². The molecule has 0 radical (unpaired) electrons. The third-order valence-electron chi connectivity index (χ3n) is 13.8. The largest absolute Gasteiger partial charge is 0.307 e. The van der Waals surface area contributed by atoms with Crippen molar-refractivity contribution in [2.75, 3.05) is 9.80 Å². The SMILES string of the molecule is [C-]#[N+]c1ccc(N(c2cc(-c3ccc(-c4ccccc4)cc3)c(F)cc2F)c2ccc3ccc4c(N(c5ccc(C#N)cc5)c5cc(-c6ccc(-c7ccccc7)cc6)c(F)cc5F)ccc5ccc2c3c54)cc1. The molecule has 74 heavy (non-hydrogen) atoms. The molecule has 8 heteroatoms. The molecule has 0 heterocycles. The molecule has 0 spiro atoms. The average molecular weight is 963 g/mol. The molecule has 12 rings (SSSR count). The number of hydrogen-bond acceptors (Lipinski definition) is 3. The zero-order chi connectivity index (χ0) is 50.5. The summed E-state index contributed by atoms with van der Waals surface area (Å²) < 4.78 is 65.7. The third kappa shape index (κ3) is 7.98. The molecule has 0 saturated carbocycles. The zero-order valence-corrected chi connectivity index (χ0v) is 39.2. The van der Waals surface area contributed by atoms with E-state index in [-0.39, 0.29) is 22.5 Å². The Morgan fingerprint density at radius 1 is 0.365 bits per heavy atom. The van der Waals surface area contributed by atoms with Crippen molar-refractivity contribution in [1.82, 2.24) is 0 Å². The van der Waals surface area contributed by atoms with Gasteiger partial charge in [-0.3, -0.25) is 0 Å². The van der Waals surface area contributed by atoms with Crippen LogP contribution in [0.2, 0.25) is 0 Å². The van der Waals surface area contributed by atoms with Crippen LogP contribution >= 0.6 is 0 Å². The van der Waals surface area contributed by atoms with E-state index in [0.29, 0.717) is 45.1 Å². The van der Waals surface area contributed by atoms with Gasteiger partial charge >= 0.3 is 0 Å². The minimum atomic E-state index is -0.794. The summed E-state index contributed by atoms with van der Waals surface area (Å²) in [6.07, 6.45) is 0. The Hall–Kier alpha value is -10.0. The molecule has 0 saturated heterocycles. The molecule has 0 aliphatic heterocycles. The van der Waals surface area contributed by atoms with E-state index >= 15 is 17.6 Å². The van der Waals surface area contributed by atoms with Crippen molar-refractivity contribution < 1.29 is 17.6 Å². The fourth-order valence-corrected chi connectivity index (χ4v) is 10.1. The second-order valence-corrected chi connectivity index (χ2v) is 18.0. The van der Waals surface area contributed by atoms with Crippen LogP contribution in [0.15, 0.2) is 231 Å². The van der Waals surface area contributed by atoms with Crippen molar-refractivity contribution >= 4 is 72.1 Å². The summed E-state index contributed by atoms with van der Waals surface area (Å²) in [6, 6.07) is 71.0. The van der Waals surface area contributed by atoms with Gasteiger partial charge in [-0.05, 0) is 116 Å². The van der Waals surface area contributed by atoms with Crippen LogP contribution in [0, 0.1) is 41.2 Å². The molecule has 12 aromatic rings. The van der Waals surface area contributed by atoms with Gasteiger partial charge in [-0.2, -0.15) is 5.26 Å². The van der Waals surface area contributed by atoms with Crippen molar-refractivity contribution in [2.45, 2.75) is 0 Å². The van der Waals surface area contributed by atoms with Crippen LogP contribution in [0.1, 0.15) is 5.56 Å². The zero-order valence-electron chi connectivity index (χ0n) is 39.2. The number of nitriles is 1. The van der Waals surface area contributed by atoms with Crippen molar-refractivity contribution in [3.63, 3.8) is 0 Å². The standard InChI is InChI=1S/C66H38F4N4/c1-72-50-26-30-52(31-27-50)74(64-37-56(58(68)39-60(64)70)47-20-16-45(17-21-47)43-10-6-3-7-11-43)62-35-25-49-22-32-53-61(34-24-48-23-33-54(62)66(49)65(48)53)73(51-28-12-41(40-71)13-29-51)63-36-55(57(67)38-59(63)69)46-18-14-44(15-19-46)42-8-4-2-5-9-42/h2-39H. The minimum Gasteiger partial charge on any atom is -0.307 e. The average Bonchev–Trinajstić information content (AvgIpc) is 3.46. The fraction of sp³-hybridized carbons (Fsp3) is 0. The van der Waals surface area contributed by atoms with Crippen molar-refractivity contribution in [3.8, 4) is 50.6 Å². The van der Waals surface area contributed by atoms with Gasteiger partial charge in [-0.25, -0.2) is 22.4 Å². The first-order valence-corrected chi connectivity index (χ1v) is 23.8. The molecule has 12 aromatic carbocycles. The van der Waals surface area contributed by atoms with Crippen LogP contribution in [-0.4, -0.2) is 0 Å². The van der Waals surface area contributed by atoms with E-state index in [9.17, 15) is 5.26 Å². The predicted molar refractivity (Wildman–Crippen MR) is 292 cm³/mol. The molecule has 4 nitrogen and oxygen atoms in total. The van der Waals surface area contributed by atoms with Crippen LogP contribution in [0.4, 0.5) is 57.4 Å². The number of nitrogens with zero attached hydrogens (tertiary/aromatic N) is 4. The summed E-state index contributed by atoms with van der Waals surface area (Å²) >= 11 is 0. The fourth-order valence-electron chi connectivity index (χ4n) is 10.1. The van der Waals surface area contributed by atoms with Gasteiger partial charge < -0.3 is 9.80 Å². The summed E-state index contributed by atoms with van der Waals surface area (Å²) in [7, 11) is 0. The molecule has 0 N–H and O–H groups in total. The van der Waals surface area contributed by atoms with E-state index in [4.69, 9.17) is 6.57 Å². The van der Waals surface area contributed by atoms with Crippen molar-refractivity contribution in [3.05, 3.63) is 271 Å². The van der Waals surface area contributed by atoms with Crippen LogP contribution in [-0.2, 0) is 0 Å². The Kier molecular flexibility index (Phi) is 11.4. The maximum absolute atomic E-state index is 16.8. The van der Waals surface area contributed by atoms with E-state index in [1.807, 2.05) is 158 Å². The lowest BCUT2D eigenvalue weighted by molar-refractivity contribution is 0.586. The lowest BCUT2D eigenvalue weighted by Gasteiger charge is -2.30. The van der Waals surface area contributed by atoms with Gasteiger partial charge in [0.15, 0.2) is 5.69 Å². The van der Waals surface area contributed by atoms with Crippen molar-refractivity contribution in [1.29, 1.82) is 5.26 Å². The molecule has 0 aromatic heterocycles. The second kappa shape index (κ2) is 18.6. The van der Waals surface area contributed by atoms with E-state index in [2.05, 4.69) is 10.9 Å². The van der Waals surface area contributed by atoms with Crippen LogP contribution in [0.5, 0.6) is 0 Å². The highest BCUT2D eigenvalue weighted by Gasteiger charge is 2.26. The molecule has 0 bridgehead atoms. The number of rotatable bonds is 10. The Balaban J connectivity index is 1.04. The Morgan fingerprint density at radius 3 is 1.15 bits per heavy atom. The molecule has 0 fully saturated rings. The Morgan fingerprint density at radius 2 is 0.743 bits per heavy atom. The molecule has 0 unspecified atom stereocenters. The number of halogens is 4. The second-order valence-electron chi connectivity index (χ2n) is 18.0. The van der Waals surface area contributed by atoms with E-state index in [0.717, 1.165) is 66.7 Å². The summed E-state index contributed by atoms with van der Waals surface area (Å²) in [5.74, 6) is -3.03. The monoisotopic (exact) mass is 962 g/mol. The van der Waals surface area contributed by atoms with Crippen LogP contribution in [0.25, 0.3) is 81.7 Å². The summed E-state index contributed by atoms with van der Waals surface area (Å²) in [6.45, 7) is 7.67. The summed E-state index contributed by atoms with van der Waals surface area (Å²) in [4.78, 5) is 7.10. The topological polar surface area (TPSA) is 34.6 Å². The van der Waals surface area contributed by atoms with Crippen LogP contribution in [0.3, 0.4) is 0 Å². The maximum atomic E-state index is 16.8. The van der Waals surface area contributed by atoms with Gasteiger partial charge in [0.25, 0.3) is 0 Å². The van der Waals surface area contributed by atoms with Gasteiger partial charge in [0.05, 0.1) is 41.0 Å². The highest BCUT2D eigenvalue weighted by molar-refractivity contribution is 6.28. The quantitative estimate of drug-likeness (QED) is 0.0778. The number of hydrogen-bond donors (Lipinski definition) is 0. The number of anilines is 6. The lowest BCUT2D eigenvalue weighted by Crippen LogP contribution is -2.14. The Labute approximate surface area is 424 Å². The number of benzene rings is 12. The molecular weight excluding hydrogens is 925 g/mol. The highest BCUT2D eigenvalue weighted by Crippen LogP contribution is 2.49. The van der Waals surface area contributed by atoms with Crippen LogP contribution < -0.4 is 9.80 Å². The van der Waals surface area contributed by atoms with Gasteiger partial charge in [-0.1, -0.05) is 158 Å². The highest BCUT2D eigenvalue weighted by atomic mass is 19.1. The van der Waals surface area contributed by atoms with E-state index in [1.165, 1.54) is 12.1 Å². The molecule has 0 atom stereocenters. The first kappa shape index (κ1) is 45.1. The molecule has 350 valence electrons. The van der Waals surface area contributed by atoms with Gasteiger partial charge in [0.1, 0.15) is 23.3 Å². The Bertz CT molecular complexity index is 3890. The third-order valence-corrected chi connectivity index (χ3v) is 13.8. The summed E-state index contributed by atoms with van der Waals surface area (Å²) in [5.41, 5.74) is 8.65. The van der Waals surface area contributed by atoms with E-state index < -0.39 is 23.3 Å². The van der Waals surface area contributed by atoms with Gasteiger partial charge in [0.2, 0.25) is 0 Å². The van der Waals surface area contributed by atoms with Gasteiger partial charge in [0, 0.05) is 45.4 Å². The molecule has 0 aliphatic rings. The molecular formula is C66H38F4N4. The minimum absolute atomic E-state index is 0.0836. The summed E-state index contributed by atoms with van der Waals surface area (Å²) in [5, 5.41) is 14.7. The molecule has 0 amide bonds. The molecule has 0 aliphatic carbocycles. The smallest absolute Gasteiger partial charge is 0.187 e. The first-order valence-electron chi connectivity index (χ1n) is 23.8.